The molecule has 1 amide bonds. The molecule has 0 aliphatic carbocycles. The lowest BCUT2D eigenvalue weighted by molar-refractivity contribution is 0.0951. The SMILES string of the molecule is O=C(NCc1ccncc1)c1cccc(CSc2ncn[nH]2)c1. The van der Waals surface area contributed by atoms with Crippen molar-refractivity contribution in [2.75, 3.05) is 0 Å². The summed E-state index contributed by atoms with van der Waals surface area (Å²) < 4.78 is 0. The van der Waals surface area contributed by atoms with Gasteiger partial charge in [-0.05, 0) is 35.4 Å². The summed E-state index contributed by atoms with van der Waals surface area (Å²) in [6.45, 7) is 0.485. The fourth-order valence-corrected chi connectivity index (χ4v) is 2.72. The second-order valence-electron chi connectivity index (χ2n) is 4.82. The van der Waals surface area contributed by atoms with E-state index >= 15 is 0 Å². The van der Waals surface area contributed by atoms with Crippen LogP contribution in [0.2, 0.25) is 0 Å². The topological polar surface area (TPSA) is 83.6 Å². The van der Waals surface area contributed by atoms with Crippen LogP contribution in [0, 0.1) is 0 Å². The number of hydrogen-bond donors (Lipinski definition) is 2. The maximum atomic E-state index is 12.2. The Bertz CT molecular complexity index is 761. The summed E-state index contributed by atoms with van der Waals surface area (Å²) >= 11 is 1.54. The van der Waals surface area contributed by atoms with Crippen LogP contribution in [-0.4, -0.2) is 26.1 Å². The predicted molar refractivity (Wildman–Crippen MR) is 87.8 cm³/mol. The van der Waals surface area contributed by atoms with Gasteiger partial charge >= 0.3 is 0 Å². The molecule has 0 aliphatic rings. The third-order valence-corrected chi connectivity index (χ3v) is 4.11. The van der Waals surface area contributed by atoms with Crippen molar-refractivity contribution < 1.29 is 4.79 Å². The van der Waals surface area contributed by atoms with Gasteiger partial charge in [0.25, 0.3) is 5.91 Å². The second kappa shape index (κ2) is 7.55. The molecule has 3 aromatic rings. The Morgan fingerprint density at radius 3 is 2.83 bits per heavy atom. The normalized spacial score (nSPS) is 10.4. The van der Waals surface area contributed by atoms with Crippen LogP contribution in [0.3, 0.4) is 0 Å². The lowest BCUT2D eigenvalue weighted by Gasteiger charge is -2.07. The average Bonchev–Trinajstić information content (AvgIpc) is 3.12. The minimum absolute atomic E-state index is 0.0895. The molecule has 0 unspecified atom stereocenters. The zero-order valence-corrected chi connectivity index (χ0v) is 13.1. The molecule has 0 fully saturated rings. The van der Waals surface area contributed by atoms with Gasteiger partial charge < -0.3 is 5.32 Å². The highest BCUT2D eigenvalue weighted by molar-refractivity contribution is 7.98. The van der Waals surface area contributed by atoms with Crippen molar-refractivity contribution in [1.29, 1.82) is 0 Å². The molecule has 0 bridgehead atoms. The minimum Gasteiger partial charge on any atom is -0.348 e. The first kappa shape index (κ1) is 15.2. The van der Waals surface area contributed by atoms with Gasteiger partial charge in [0.15, 0.2) is 5.16 Å². The summed E-state index contributed by atoms with van der Waals surface area (Å²) in [6, 6.07) is 11.3. The number of hydrogen-bond acceptors (Lipinski definition) is 5. The van der Waals surface area contributed by atoms with E-state index < -0.39 is 0 Å². The van der Waals surface area contributed by atoms with Crippen LogP contribution in [0.5, 0.6) is 0 Å². The summed E-state index contributed by atoms with van der Waals surface area (Å²) in [5.41, 5.74) is 2.73. The number of pyridine rings is 1. The van der Waals surface area contributed by atoms with E-state index in [4.69, 9.17) is 0 Å². The molecular weight excluding hydrogens is 310 g/mol. The standard InChI is InChI=1S/C16H15N5OS/c22-15(18-9-12-4-6-17-7-5-12)14-3-1-2-13(8-14)10-23-16-19-11-20-21-16/h1-8,11H,9-10H2,(H,18,22)(H,19,20,21). The van der Waals surface area contributed by atoms with E-state index in [1.165, 1.54) is 6.33 Å². The Morgan fingerprint density at radius 1 is 1.17 bits per heavy atom. The zero-order chi connectivity index (χ0) is 15.9. The number of amides is 1. The van der Waals surface area contributed by atoms with Gasteiger partial charge in [-0.1, -0.05) is 23.9 Å². The molecule has 2 aromatic heterocycles. The molecule has 1 aromatic carbocycles. The molecule has 6 nitrogen and oxygen atoms in total. The summed E-state index contributed by atoms with van der Waals surface area (Å²) in [4.78, 5) is 20.3. The van der Waals surface area contributed by atoms with Crippen molar-refractivity contribution in [3.8, 4) is 0 Å². The molecule has 0 saturated heterocycles. The van der Waals surface area contributed by atoms with Crippen molar-refractivity contribution in [3.63, 3.8) is 0 Å². The highest BCUT2D eigenvalue weighted by Crippen LogP contribution is 2.19. The van der Waals surface area contributed by atoms with Crippen LogP contribution in [0.4, 0.5) is 0 Å². The molecule has 2 N–H and O–H groups in total. The maximum Gasteiger partial charge on any atom is 0.251 e. The third-order valence-electron chi connectivity index (χ3n) is 3.16. The molecule has 116 valence electrons. The number of aromatic amines is 1. The Labute approximate surface area is 137 Å². The molecule has 0 aliphatic heterocycles. The van der Waals surface area contributed by atoms with E-state index in [1.54, 1.807) is 24.2 Å². The van der Waals surface area contributed by atoms with Crippen LogP contribution in [0.15, 0.2) is 60.3 Å². The second-order valence-corrected chi connectivity index (χ2v) is 5.78. The Balaban J connectivity index is 1.58. The number of rotatable bonds is 6. The highest BCUT2D eigenvalue weighted by atomic mass is 32.2. The van der Waals surface area contributed by atoms with Crippen molar-refractivity contribution >= 4 is 17.7 Å². The summed E-state index contributed by atoms with van der Waals surface area (Å²) in [7, 11) is 0. The van der Waals surface area contributed by atoms with Gasteiger partial charge in [-0.2, -0.15) is 5.10 Å². The molecular formula is C16H15N5OS. The minimum atomic E-state index is -0.0895. The largest absolute Gasteiger partial charge is 0.348 e. The lowest BCUT2D eigenvalue weighted by Crippen LogP contribution is -2.22. The van der Waals surface area contributed by atoms with E-state index in [1.807, 2.05) is 36.4 Å². The first-order valence-corrected chi connectivity index (χ1v) is 8.04. The van der Waals surface area contributed by atoms with Gasteiger partial charge in [-0.15, -0.1) is 0 Å². The number of benzene rings is 1. The molecule has 0 saturated carbocycles. The number of aromatic nitrogens is 4. The van der Waals surface area contributed by atoms with E-state index in [0.717, 1.165) is 22.0 Å². The molecule has 0 radical (unpaired) electrons. The van der Waals surface area contributed by atoms with Gasteiger partial charge in [0.05, 0.1) is 0 Å². The molecule has 0 spiro atoms. The predicted octanol–water partition coefficient (Wildman–Crippen LogP) is 2.42. The fraction of sp³-hybridized carbons (Fsp3) is 0.125. The van der Waals surface area contributed by atoms with Gasteiger partial charge in [0, 0.05) is 30.3 Å². The fourth-order valence-electron chi connectivity index (χ4n) is 2.00. The van der Waals surface area contributed by atoms with Gasteiger partial charge in [-0.3, -0.25) is 14.9 Å². The number of nitrogens with one attached hydrogen (secondary N) is 2. The van der Waals surface area contributed by atoms with Crippen LogP contribution in [0.1, 0.15) is 21.5 Å². The van der Waals surface area contributed by atoms with Crippen LogP contribution in [0.25, 0.3) is 0 Å². The Kier molecular flexibility index (Phi) is 5.00. The van der Waals surface area contributed by atoms with Crippen LogP contribution < -0.4 is 5.32 Å². The Hall–Kier alpha value is -2.67. The van der Waals surface area contributed by atoms with Crippen LogP contribution >= 0.6 is 11.8 Å². The van der Waals surface area contributed by atoms with E-state index in [-0.39, 0.29) is 5.91 Å². The molecule has 23 heavy (non-hydrogen) atoms. The third kappa shape index (κ3) is 4.40. The van der Waals surface area contributed by atoms with Gasteiger partial charge in [0.1, 0.15) is 6.33 Å². The molecule has 2 heterocycles. The first-order valence-electron chi connectivity index (χ1n) is 7.05. The number of carbonyl (C=O) groups is 1. The van der Waals surface area contributed by atoms with Crippen molar-refractivity contribution in [3.05, 3.63) is 71.8 Å². The van der Waals surface area contributed by atoms with Crippen molar-refractivity contribution in [2.45, 2.75) is 17.5 Å². The number of thioether (sulfide) groups is 1. The molecule has 3 rings (SSSR count). The smallest absolute Gasteiger partial charge is 0.251 e. The van der Waals surface area contributed by atoms with E-state index in [9.17, 15) is 4.79 Å². The average molecular weight is 325 g/mol. The monoisotopic (exact) mass is 325 g/mol. The first-order chi connectivity index (χ1) is 11.3. The lowest BCUT2D eigenvalue weighted by atomic mass is 10.1. The quantitative estimate of drug-likeness (QED) is 0.680. The highest BCUT2D eigenvalue weighted by Gasteiger charge is 2.07. The Morgan fingerprint density at radius 2 is 2.04 bits per heavy atom. The number of H-pyrrole nitrogens is 1. The van der Waals surface area contributed by atoms with Gasteiger partial charge in [0.2, 0.25) is 0 Å². The summed E-state index contributed by atoms with van der Waals surface area (Å²) in [5, 5.41) is 10.3. The van der Waals surface area contributed by atoms with E-state index in [2.05, 4.69) is 25.5 Å². The molecule has 0 atom stereocenters. The maximum absolute atomic E-state index is 12.2. The zero-order valence-electron chi connectivity index (χ0n) is 12.3. The van der Waals surface area contributed by atoms with Crippen molar-refractivity contribution in [1.82, 2.24) is 25.5 Å². The summed E-state index contributed by atoms with van der Waals surface area (Å²) in [6.07, 6.45) is 4.90. The molecule has 7 heteroatoms. The van der Waals surface area contributed by atoms with Crippen LogP contribution in [-0.2, 0) is 12.3 Å². The van der Waals surface area contributed by atoms with E-state index in [0.29, 0.717) is 12.1 Å². The number of nitrogens with zero attached hydrogens (tertiary/aromatic N) is 3. The van der Waals surface area contributed by atoms with Crippen molar-refractivity contribution in [2.24, 2.45) is 0 Å². The number of carbonyl (C=O) groups excluding carboxylic acids is 1. The van der Waals surface area contributed by atoms with Gasteiger partial charge in [-0.25, -0.2) is 4.98 Å². The summed E-state index contributed by atoms with van der Waals surface area (Å²) in [5.74, 6) is 0.633.